The minimum Gasteiger partial charge on any atom is -0.467 e. The lowest BCUT2D eigenvalue weighted by Gasteiger charge is -2.32. The standard InChI is InChI=1S/C19H26N2O5/c1-24-13-18-12-21(19(23)26-18)17-4-2-15(3-5-17)16-6-8-20(9-7-16)10-11-25-14-22/h2-5,14,16,18H,6-13H2,1H3. The third-order valence-corrected chi connectivity index (χ3v) is 5.08. The number of carbonyl (C=O) groups is 2. The summed E-state index contributed by atoms with van der Waals surface area (Å²) in [6.45, 7) is 4.70. The van der Waals surface area contributed by atoms with Gasteiger partial charge >= 0.3 is 6.09 Å². The maximum absolute atomic E-state index is 12.0. The summed E-state index contributed by atoms with van der Waals surface area (Å²) in [5, 5.41) is 0. The van der Waals surface area contributed by atoms with Crippen molar-refractivity contribution in [2.45, 2.75) is 24.9 Å². The molecule has 2 aliphatic rings. The molecule has 7 heteroatoms. The molecule has 0 N–H and O–H groups in total. The van der Waals surface area contributed by atoms with Gasteiger partial charge in [0.1, 0.15) is 12.7 Å². The van der Waals surface area contributed by atoms with Crippen molar-refractivity contribution in [1.82, 2.24) is 4.90 Å². The summed E-state index contributed by atoms with van der Waals surface area (Å²) in [5.74, 6) is 0.527. The zero-order valence-electron chi connectivity index (χ0n) is 15.1. The molecule has 7 nitrogen and oxygen atoms in total. The Morgan fingerprint density at radius 1 is 1.23 bits per heavy atom. The van der Waals surface area contributed by atoms with Gasteiger partial charge in [0.25, 0.3) is 6.47 Å². The lowest BCUT2D eigenvalue weighted by molar-refractivity contribution is -0.129. The molecular weight excluding hydrogens is 336 g/mol. The Morgan fingerprint density at radius 2 is 1.96 bits per heavy atom. The lowest BCUT2D eigenvalue weighted by atomic mass is 9.89. The van der Waals surface area contributed by atoms with Crippen LogP contribution in [0.25, 0.3) is 0 Å². The Bertz CT molecular complexity index is 598. The number of rotatable bonds is 8. The molecule has 0 aromatic heterocycles. The van der Waals surface area contributed by atoms with E-state index in [-0.39, 0.29) is 12.2 Å². The highest BCUT2D eigenvalue weighted by Gasteiger charge is 2.32. The van der Waals surface area contributed by atoms with Crippen LogP contribution in [0, 0.1) is 0 Å². The molecule has 3 rings (SSSR count). The number of hydrogen-bond acceptors (Lipinski definition) is 6. The van der Waals surface area contributed by atoms with Crippen molar-refractivity contribution in [2.75, 3.05) is 51.4 Å². The number of likely N-dealkylation sites (tertiary alicyclic amines) is 1. The van der Waals surface area contributed by atoms with Gasteiger partial charge in [-0.2, -0.15) is 0 Å². The predicted molar refractivity (Wildman–Crippen MR) is 96.4 cm³/mol. The molecule has 0 saturated carbocycles. The second-order valence-electron chi connectivity index (χ2n) is 6.75. The molecular formula is C19H26N2O5. The number of amides is 1. The molecule has 0 spiro atoms. The Kier molecular flexibility index (Phi) is 6.46. The van der Waals surface area contributed by atoms with Crippen molar-refractivity contribution in [1.29, 1.82) is 0 Å². The van der Waals surface area contributed by atoms with Crippen LogP contribution in [0.2, 0.25) is 0 Å². The average molecular weight is 362 g/mol. The number of benzene rings is 1. The third-order valence-electron chi connectivity index (χ3n) is 5.08. The molecule has 0 bridgehead atoms. The normalized spacial score (nSPS) is 21.7. The number of methoxy groups -OCH3 is 1. The van der Waals surface area contributed by atoms with Gasteiger partial charge < -0.3 is 14.2 Å². The highest BCUT2D eigenvalue weighted by molar-refractivity contribution is 5.89. The third kappa shape index (κ3) is 4.53. The molecule has 1 atom stereocenters. The van der Waals surface area contributed by atoms with E-state index in [0.29, 0.717) is 32.1 Å². The van der Waals surface area contributed by atoms with Crippen LogP contribution in [-0.4, -0.2) is 70.1 Å². The van der Waals surface area contributed by atoms with E-state index in [0.717, 1.165) is 38.2 Å². The molecule has 1 amide bonds. The smallest absolute Gasteiger partial charge is 0.414 e. The van der Waals surface area contributed by atoms with Gasteiger partial charge in [-0.15, -0.1) is 0 Å². The van der Waals surface area contributed by atoms with Crippen LogP contribution in [0.15, 0.2) is 24.3 Å². The van der Waals surface area contributed by atoms with E-state index >= 15 is 0 Å². The molecule has 1 aromatic rings. The predicted octanol–water partition coefficient (Wildman–Crippen LogP) is 2.01. The molecule has 2 saturated heterocycles. The van der Waals surface area contributed by atoms with E-state index in [1.807, 2.05) is 12.1 Å². The Morgan fingerprint density at radius 3 is 2.62 bits per heavy atom. The lowest BCUT2D eigenvalue weighted by Crippen LogP contribution is -2.35. The average Bonchev–Trinajstić information content (AvgIpc) is 3.03. The van der Waals surface area contributed by atoms with Crippen LogP contribution < -0.4 is 4.90 Å². The van der Waals surface area contributed by atoms with Crippen LogP contribution in [0.5, 0.6) is 0 Å². The minimum atomic E-state index is -0.314. The van der Waals surface area contributed by atoms with E-state index in [1.54, 1.807) is 12.0 Å². The highest BCUT2D eigenvalue weighted by atomic mass is 16.6. The van der Waals surface area contributed by atoms with Gasteiger partial charge in [-0.3, -0.25) is 14.6 Å². The molecule has 1 unspecified atom stereocenters. The number of nitrogens with zero attached hydrogens (tertiary/aromatic N) is 2. The van der Waals surface area contributed by atoms with Crippen LogP contribution in [0.1, 0.15) is 24.3 Å². The Labute approximate surface area is 153 Å². The zero-order chi connectivity index (χ0) is 18.4. The molecule has 26 heavy (non-hydrogen) atoms. The fraction of sp³-hybridized carbons (Fsp3) is 0.579. The summed E-state index contributed by atoms with van der Waals surface area (Å²) in [7, 11) is 1.60. The molecule has 2 aliphatic heterocycles. The van der Waals surface area contributed by atoms with Crippen molar-refractivity contribution >= 4 is 18.3 Å². The second-order valence-corrected chi connectivity index (χ2v) is 6.75. The topological polar surface area (TPSA) is 68.3 Å². The van der Waals surface area contributed by atoms with Gasteiger partial charge in [0.15, 0.2) is 0 Å². The number of anilines is 1. The van der Waals surface area contributed by atoms with Gasteiger partial charge in [0, 0.05) is 19.3 Å². The van der Waals surface area contributed by atoms with E-state index in [4.69, 9.17) is 14.2 Å². The number of hydrogen-bond donors (Lipinski definition) is 0. The van der Waals surface area contributed by atoms with E-state index < -0.39 is 0 Å². The summed E-state index contributed by atoms with van der Waals surface area (Å²) in [6, 6.07) is 8.22. The highest BCUT2D eigenvalue weighted by Crippen LogP contribution is 2.30. The minimum absolute atomic E-state index is 0.209. The first-order chi connectivity index (χ1) is 12.7. The van der Waals surface area contributed by atoms with Crippen LogP contribution >= 0.6 is 0 Å². The summed E-state index contributed by atoms with van der Waals surface area (Å²) >= 11 is 0. The molecule has 0 radical (unpaired) electrons. The van der Waals surface area contributed by atoms with Gasteiger partial charge in [-0.05, 0) is 49.5 Å². The van der Waals surface area contributed by atoms with Gasteiger partial charge in [0.2, 0.25) is 0 Å². The summed E-state index contributed by atoms with van der Waals surface area (Å²) in [5.41, 5.74) is 2.17. The van der Waals surface area contributed by atoms with Crippen molar-refractivity contribution in [2.24, 2.45) is 0 Å². The zero-order valence-corrected chi connectivity index (χ0v) is 15.1. The van der Waals surface area contributed by atoms with Crippen LogP contribution in [0.3, 0.4) is 0 Å². The number of cyclic esters (lactones) is 1. The first kappa shape index (κ1) is 18.7. The quantitative estimate of drug-likeness (QED) is 0.521. The van der Waals surface area contributed by atoms with Crippen molar-refractivity contribution in [3.63, 3.8) is 0 Å². The maximum Gasteiger partial charge on any atom is 0.414 e. The van der Waals surface area contributed by atoms with Crippen molar-refractivity contribution in [3.8, 4) is 0 Å². The number of ether oxygens (including phenoxy) is 3. The Hall–Kier alpha value is -2.12. The van der Waals surface area contributed by atoms with E-state index in [1.165, 1.54) is 5.56 Å². The largest absolute Gasteiger partial charge is 0.467 e. The number of piperidine rings is 1. The number of carbonyl (C=O) groups excluding carboxylic acids is 2. The second kappa shape index (κ2) is 9.00. The summed E-state index contributed by atoms with van der Waals surface area (Å²) in [4.78, 5) is 26.2. The SMILES string of the molecule is COCC1CN(c2ccc(C3CCN(CCOC=O)CC3)cc2)C(=O)O1. The van der Waals surface area contributed by atoms with E-state index in [2.05, 4.69) is 17.0 Å². The summed E-state index contributed by atoms with van der Waals surface area (Å²) in [6.07, 6.45) is 1.65. The first-order valence-electron chi connectivity index (χ1n) is 9.06. The molecule has 2 heterocycles. The molecule has 1 aromatic carbocycles. The van der Waals surface area contributed by atoms with E-state index in [9.17, 15) is 9.59 Å². The molecule has 142 valence electrons. The first-order valence-corrected chi connectivity index (χ1v) is 9.06. The monoisotopic (exact) mass is 362 g/mol. The van der Waals surface area contributed by atoms with Gasteiger partial charge in [-0.1, -0.05) is 12.1 Å². The Balaban J connectivity index is 1.52. The summed E-state index contributed by atoms with van der Waals surface area (Å²) < 4.78 is 15.1. The fourth-order valence-corrected chi connectivity index (χ4v) is 3.65. The molecule has 0 aliphatic carbocycles. The van der Waals surface area contributed by atoms with Crippen molar-refractivity contribution < 1.29 is 23.8 Å². The van der Waals surface area contributed by atoms with Crippen molar-refractivity contribution in [3.05, 3.63) is 29.8 Å². The van der Waals surface area contributed by atoms with Crippen LogP contribution in [0.4, 0.5) is 10.5 Å². The van der Waals surface area contributed by atoms with Gasteiger partial charge in [0.05, 0.1) is 13.2 Å². The molecule has 2 fully saturated rings. The van der Waals surface area contributed by atoms with Gasteiger partial charge in [-0.25, -0.2) is 4.79 Å². The van der Waals surface area contributed by atoms with Crippen LogP contribution in [-0.2, 0) is 19.0 Å². The fourth-order valence-electron chi connectivity index (χ4n) is 3.65. The maximum atomic E-state index is 12.0.